The minimum atomic E-state index is 0.995. The summed E-state index contributed by atoms with van der Waals surface area (Å²) in [6.45, 7) is 3.13. The summed E-state index contributed by atoms with van der Waals surface area (Å²) in [5.41, 5.74) is 3.77. The standard InChI is InChI=1S/C13H16N2/c1-10-6-9-15-13-11(7-8-14-2)4-3-5-12(10)13/h3-6,9,14H,7-8H2,1-2H3. The van der Waals surface area contributed by atoms with E-state index in [1.807, 2.05) is 13.2 Å². The number of likely N-dealkylation sites (N-methyl/N-ethyl adjacent to an activating group) is 1. The van der Waals surface area contributed by atoms with Gasteiger partial charge in [-0.1, -0.05) is 18.2 Å². The quantitative estimate of drug-likeness (QED) is 0.822. The van der Waals surface area contributed by atoms with Gasteiger partial charge >= 0.3 is 0 Å². The third-order valence-electron chi connectivity index (χ3n) is 2.72. The lowest BCUT2D eigenvalue weighted by Gasteiger charge is -2.06. The molecule has 1 aromatic heterocycles. The van der Waals surface area contributed by atoms with Gasteiger partial charge in [0.1, 0.15) is 0 Å². The van der Waals surface area contributed by atoms with Crippen molar-refractivity contribution in [2.24, 2.45) is 0 Å². The molecule has 0 saturated carbocycles. The Morgan fingerprint density at radius 2 is 2.13 bits per heavy atom. The molecule has 2 heteroatoms. The molecular weight excluding hydrogens is 184 g/mol. The van der Waals surface area contributed by atoms with Crippen LogP contribution in [0.1, 0.15) is 11.1 Å². The van der Waals surface area contributed by atoms with Crippen molar-refractivity contribution >= 4 is 10.9 Å². The largest absolute Gasteiger partial charge is 0.319 e. The third-order valence-corrected chi connectivity index (χ3v) is 2.72. The molecule has 1 N–H and O–H groups in total. The highest BCUT2D eigenvalue weighted by Gasteiger charge is 2.02. The van der Waals surface area contributed by atoms with E-state index in [9.17, 15) is 0 Å². The molecule has 0 unspecified atom stereocenters. The van der Waals surface area contributed by atoms with Crippen molar-refractivity contribution < 1.29 is 0 Å². The molecule has 0 amide bonds. The first-order chi connectivity index (χ1) is 7.33. The highest BCUT2D eigenvalue weighted by molar-refractivity contribution is 5.84. The Hall–Kier alpha value is -1.41. The van der Waals surface area contributed by atoms with Gasteiger partial charge in [0.05, 0.1) is 5.52 Å². The number of nitrogens with one attached hydrogen (secondary N) is 1. The molecule has 0 bridgehead atoms. The zero-order valence-electron chi connectivity index (χ0n) is 9.25. The van der Waals surface area contributed by atoms with Crippen LogP contribution in [0.15, 0.2) is 30.5 Å². The van der Waals surface area contributed by atoms with Crippen LogP contribution in [-0.4, -0.2) is 18.6 Å². The molecule has 78 valence electrons. The Morgan fingerprint density at radius 3 is 2.93 bits per heavy atom. The second-order valence-electron chi connectivity index (χ2n) is 3.79. The number of rotatable bonds is 3. The maximum absolute atomic E-state index is 4.47. The molecule has 0 spiro atoms. The van der Waals surface area contributed by atoms with Gasteiger partial charge < -0.3 is 5.32 Å². The van der Waals surface area contributed by atoms with Crippen LogP contribution >= 0.6 is 0 Å². The smallest absolute Gasteiger partial charge is 0.0737 e. The molecule has 2 nitrogen and oxygen atoms in total. The monoisotopic (exact) mass is 200 g/mol. The van der Waals surface area contributed by atoms with E-state index < -0.39 is 0 Å². The summed E-state index contributed by atoms with van der Waals surface area (Å²) in [6.07, 6.45) is 2.92. The lowest BCUT2D eigenvalue weighted by molar-refractivity contribution is 0.794. The average molecular weight is 200 g/mol. The second kappa shape index (κ2) is 4.41. The van der Waals surface area contributed by atoms with Crippen LogP contribution in [0.25, 0.3) is 10.9 Å². The van der Waals surface area contributed by atoms with Gasteiger partial charge in [-0.2, -0.15) is 0 Å². The first-order valence-corrected chi connectivity index (χ1v) is 5.30. The number of fused-ring (bicyclic) bond motifs is 1. The van der Waals surface area contributed by atoms with E-state index in [2.05, 4.69) is 41.5 Å². The van der Waals surface area contributed by atoms with E-state index in [1.54, 1.807) is 0 Å². The number of para-hydroxylation sites is 1. The van der Waals surface area contributed by atoms with Crippen molar-refractivity contribution in [2.75, 3.05) is 13.6 Å². The Kier molecular flexibility index (Phi) is 2.97. The lowest BCUT2D eigenvalue weighted by atomic mass is 10.0. The molecule has 2 rings (SSSR count). The second-order valence-corrected chi connectivity index (χ2v) is 3.79. The van der Waals surface area contributed by atoms with E-state index in [4.69, 9.17) is 0 Å². The van der Waals surface area contributed by atoms with Crippen LogP contribution in [0.4, 0.5) is 0 Å². The summed E-state index contributed by atoms with van der Waals surface area (Å²) in [5, 5.41) is 4.44. The zero-order chi connectivity index (χ0) is 10.7. The molecule has 0 saturated heterocycles. The third kappa shape index (κ3) is 2.00. The molecule has 0 radical (unpaired) electrons. The van der Waals surface area contributed by atoms with Crippen molar-refractivity contribution in [3.8, 4) is 0 Å². The molecule has 0 atom stereocenters. The summed E-state index contributed by atoms with van der Waals surface area (Å²) in [5.74, 6) is 0. The van der Waals surface area contributed by atoms with Gasteiger partial charge in [0, 0.05) is 11.6 Å². The molecule has 0 aliphatic heterocycles. The Labute approximate surface area is 90.3 Å². The molecule has 2 aromatic rings. The van der Waals surface area contributed by atoms with Gasteiger partial charge in [-0.3, -0.25) is 4.98 Å². The van der Waals surface area contributed by atoms with E-state index in [1.165, 1.54) is 16.5 Å². The summed E-state index contributed by atoms with van der Waals surface area (Å²) in [7, 11) is 1.98. The summed E-state index contributed by atoms with van der Waals surface area (Å²) >= 11 is 0. The van der Waals surface area contributed by atoms with Crippen molar-refractivity contribution in [1.29, 1.82) is 0 Å². The SMILES string of the molecule is CNCCc1cccc2c(C)ccnc12. The minimum absolute atomic E-state index is 0.995. The highest BCUT2D eigenvalue weighted by atomic mass is 14.8. The van der Waals surface area contributed by atoms with Gasteiger partial charge in [0.2, 0.25) is 0 Å². The predicted octanol–water partition coefficient (Wildman–Crippen LogP) is 2.31. The Balaban J connectivity index is 2.51. The number of aromatic nitrogens is 1. The number of aryl methyl sites for hydroxylation is 1. The molecule has 1 aromatic carbocycles. The lowest BCUT2D eigenvalue weighted by Crippen LogP contribution is -2.10. The fourth-order valence-corrected chi connectivity index (χ4v) is 1.84. The van der Waals surface area contributed by atoms with Gasteiger partial charge in [-0.15, -0.1) is 0 Å². The number of hydrogen-bond acceptors (Lipinski definition) is 2. The predicted molar refractivity (Wildman–Crippen MR) is 64.1 cm³/mol. The van der Waals surface area contributed by atoms with Crippen molar-refractivity contribution in [1.82, 2.24) is 10.3 Å². The molecule has 1 heterocycles. The summed E-state index contributed by atoms with van der Waals surface area (Å²) in [6, 6.07) is 8.47. The molecule has 0 aliphatic carbocycles. The first-order valence-electron chi connectivity index (χ1n) is 5.30. The van der Waals surface area contributed by atoms with E-state index in [0.717, 1.165) is 18.5 Å². The van der Waals surface area contributed by atoms with Crippen LogP contribution in [0.5, 0.6) is 0 Å². The van der Waals surface area contributed by atoms with Crippen molar-refractivity contribution in [3.63, 3.8) is 0 Å². The van der Waals surface area contributed by atoms with Gasteiger partial charge in [-0.05, 0) is 44.1 Å². The number of nitrogens with zero attached hydrogens (tertiary/aromatic N) is 1. The Bertz CT molecular complexity index is 463. The maximum Gasteiger partial charge on any atom is 0.0737 e. The normalized spacial score (nSPS) is 10.8. The van der Waals surface area contributed by atoms with Crippen molar-refractivity contribution in [3.05, 3.63) is 41.6 Å². The maximum atomic E-state index is 4.47. The first kappa shape index (κ1) is 10.1. The summed E-state index contributed by atoms with van der Waals surface area (Å²) in [4.78, 5) is 4.47. The molecule has 15 heavy (non-hydrogen) atoms. The zero-order valence-corrected chi connectivity index (χ0v) is 9.25. The van der Waals surface area contributed by atoms with Crippen LogP contribution in [0, 0.1) is 6.92 Å². The van der Waals surface area contributed by atoms with Crippen LogP contribution in [-0.2, 0) is 6.42 Å². The molecule has 0 aliphatic rings. The fraction of sp³-hybridized carbons (Fsp3) is 0.308. The van der Waals surface area contributed by atoms with Crippen molar-refractivity contribution in [2.45, 2.75) is 13.3 Å². The number of pyridine rings is 1. The number of hydrogen-bond donors (Lipinski definition) is 1. The van der Waals surface area contributed by atoms with Gasteiger partial charge in [0.25, 0.3) is 0 Å². The average Bonchev–Trinajstić information content (AvgIpc) is 2.27. The van der Waals surface area contributed by atoms with Crippen LogP contribution in [0.2, 0.25) is 0 Å². The van der Waals surface area contributed by atoms with Crippen LogP contribution < -0.4 is 5.32 Å². The van der Waals surface area contributed by atoms with Crippen LogP contribution in [0.3, 0.4) is 0 Å². The number of benzene rings is 1. The van der Waals surface area contributed by atoms with E-state index >= 15 is 0 Å². The fourth-order valence-electron chi connectivity index (χ4n) is 1.84. The van der Waals surface area contributed by atoms with Gasteiger partial charge in [-0.25, -0.2) is 0 Å². The minimum Gasteiger partial charge on any atom is -0.319 e. The van der Waals surface area contributed by atoms with E-state index in [-0.39, 0.29) is 0 Å². The van der Waals surface area contributed by atoms with Gasteiger partial charge in [0.15, 0.2) is 0 Å². The highest BCUT2D eigenvalue weighted by Crippen LogP contribution is 2.19. The molecular formula is C13H16N2. The Morgan fingerprint density at radius 1 is 1.27 bits per heavy atom. The summed E-state index contributed by atoms with van der Waals surface area (Å²) < 4.78 is 0. The topological polar surface area (TPSA) is 24.9 Å². The van der Waals surface area contributed by atoms with E-state index in [0.29, 0.717) is 0 Å². The molecule has 0 fully saturated rings.